The van der Waals surface area contributed by atoms with Gasteiger partial charge in [0.25, 0.3) is 0 Å². The highest BCUT2D eigenvalue weighted by Gasteiger charge is 2.35. The van der Waals surface area contributed by atoms with E-state index in [2.05, 4.69) is 5.32 Å². The first-order valence-corrected chi connectivity index (χ1v) is 7.34. The standard InChI is InChI=1S/C14H24N4O2/c1-10(19)17(2)14(15)16-8-11-4-3-7-18(9-11)13(20)12-5-6-12/h11-12H,3-9H2,1-2H3,(H2,15,16). The van der Waals surface area contributed by atoms with Gasteiger partial charge in [-0.2, -0.15) is 0 Å². The summed E-state index contributed by atoms with van der Waals surface area (Å²) in [6.45, 7) is 3.73. The fourth-order valence-electron chi connectivity index (χ4n) is 2.54. The second-order valence-electron chi connectivity index (χ2n) is 5.87. The first-order valence-electron chi connectivity index (χ1n) is 7.34. The third-order valence-electron chi connectivity index (χ3n) is 4.12. The van der Waals surface area contributed by atoms with Gasteiger partial charge in [-0.25, -0.2) is 0 Å². The zero-order valence-electron chi connectivity index (χ0n) is 12.3. The molecule has 0 aromatic carbocycles. The summed E-state index contributed by atoms with van der Waals surface area (Å²) in [6, 6.07) is 0. The van der Waals surface area contributed by atoms with E-state index >= 15 is 0 Å². The van der Waals surface area contributed by atoms with Crippen molar-refractivity contribution >= 4 is 17.8 Å². The Hall–Kier alpha value is -1.59. The summed E-state index contributed by atoms with van der Waals surface area (Å²) in [5.41, 5.74) is 0. The smallest absolute Gasteiger partial charge is 0.225 e. The lowest BCUT2D eigenvalue weighted by atomic mass is 9.97. The molecule has 1 atom stereocenters. The molecule has 1 saturated carbocycles. The summed E-state index contributed by atoms with van der Waals surface area (Å²) in [4.78, 5) is 26.5. The van der Waals surface area contributed by atoms with Gasteiger partial charge in [-0.05, 0) is 31.6 Å². The molecule has 1 heterocycles. The maximum absolute atomic E-state index is 12.1. The Bertz CT molecular complexity index is 406. The quantitative estimate of drug-likeness (QED) is 0.588. The van der Waals surface area contributed by atoms with Crippen LogP contribution in [0.2, 0.25) is 0 Å². The molecule has 0 radical (unpaired) electrons. The molecule has 112 valence electrons. The Kier molecular flexibility index (Phi) is 4.62. The van der Waals surface area contributed by atoms with Crippen LogP contribution < -0.4 is 5.32 Å². The number of likely N-dealkylation sites (tertiary alicyclic amines) is 1. The molecular weight excluding hydrogens is 256 g/mol. The van der Waals surface area contributed by atoms with Gasteiger partial charge in [0.05, 0.1) is 0 Å². The van der Waals surface area contributed by atoms with Gasteiger partial charge < -0.3 is 10.2 Å². The van der Waals surface area contributed by atoms with Crippen molar-refractivity contribution in [2.75, 3.05) is 26.7 Å². The first-order chi connectivity index (χ1) is 9.49. The molecule has 1 aliphatic heterocycles. The molecule has 0 bridgehead atoms. The topological polar surface area (TPSA) is 76.5 Å². The number of carbonyl (C=O) groups is 2. The molecule has 0 aromatic heterocycles. The van der Waals surface area contributed by atoms with Gasteiger partial charge in [-0.3, -0.25) is 19.9 Å². The van der Waals surface area contributed by atoms with Gasteiger partial charge in [0.1, 0.15) is 0 Å². The van der Waals surface area contributed by atoms with Crippen LogP contribution in [0, 0.1) is 17.2 Å². The molecule has 1 aliphatic carbocycles. The number of nitrogens with zero attached hydrogens (tertiary/aromatic N) is 2. The van der Waals surface area contributed by atoms with Gasteiger partial charge in [-0.1, -0.05) is 0 Å². The number of carbonyl (C=O) groups excluding carboxylic acids is 2. The highest BCUT2D eigenvalue weighted by molar-refractivity contribution is 5.94. The van der Waals surface area contributed by atoms with E-state index in [-0.39, 0.29) is 17.8 Å². The van der Waals surface area contributed by atoms with Crippen molar-refractivity contribution < 1.29 is 9.59 Å². The minimum atomic E-state index is -0.156. The molecule has 6 heteroatoms. The van der Waals surface area contributed by atoms with Gasteiger partial charge in [0, 0.05) is 39.5 Å². The van der Waals surface area contributed by atoms with Crippen molar-refractivity contribution in [3.05, 3.63) is 0 Å². The number of guanidine groups is 1. The van der Waals surface area contributed by atoms with Gasteiger partial charge in [0.2, 0.25) is 11.8 Å². The average molecular weight is 280 g/mol. The van der Waals surface area contributed by atoms with E-state index in [0.717, 1.165) is 38.8 Å². The lowest BCUT2D eigenvalue weighted by Gasteiger charge is -2.33. The Morgan fingerprint density at radius 3 is 2.65 bits per heavy atom. The van der Waals surface area contributed by atoms with E-state index in [0.29, 0.717) is 18.4 Å². The van der Waals surface area contributed by atoms with Crippen LogP contribution in [-0.4, -0.2) is 54.3 Å². The van der Waals surface area contributed by atoms with Crippen molar-refractivity contribution in [2.45, 2.75) is 32.6 Å². The Morgan fingerprint density at radius 1 is 1.35 bits per heavy atom. The monoisotopic (exact) mass is 280 g/mol. The maximum Gasteiger partial charge on any atom is 0.225 e. The molecule has 2 amide bonds. The second kappa shape index (κ2) is 6.24. The van der Waals surface area contributed by atoms with Crippen LogP contribution in [0.4, 0.5) is 0 Å². The van der Waals surface area contributed by atoms with Gasteiger partial charge in [-0.15, -0.1) is 0 Å². The van der Waals surface area contributed by atoms with Crippen LogP contribution >= 0.6 is 0 Å². The third-order valence-corrected chi connectivity index (χ3v) is 4.12. The van der Waals surface area contributed by atoms with E-state index in [1.54, 1.807) is 7.05 Å². The molecule has 1 saturated heterocycles. The lowest BCUT2D eigenvalue weighted by molar-refractivity contribution is -0.134. The molecule has 2 aliphatic rings. The number of hydrogen-bond acceptors (Lipinski definition) is 3. The second-order valence-corrected chi connectivity index (χ2v) is 5.87. The van der Waals surface area contributed by atoms with Crippen molar-refractivity contribution in [3.8, 4) is 0 Å². The van der Waals surface area contributed by atoms with Crippen molar-refractivity contribution in [1.29, 1.82) is 5.41 Å². The Morgan fingerprint density at radius 2 is 2.05 bits per heavy atom. The van der Waals surface area contributed by atoms with Gasteiger partial charge >= 0.3 is 0 Å². The Labute approximate surface area is 120 Å². The normalized spacial score (nSPS) is 22.3. The third kappa shape index (κ3) is 3.71. The molecule has 0 aromatic rings. The summed E-state index contributed by atoms with van der Waals surface area (Å²) in [7, 11) is 1.58. The van der Waals surface area contributed by atoms with E-state index < -0.39 is 0 Å². The summed E-state index contributed by atoms with van der Waals surface area (Å²) < 4.78 is 0. The molecule has 2 rings (SSSR count). The summed E-state index contributed by atoms with van der Waals surface area (Å²) in [6.07, 6.45) is 4.19. The van der Waals surface area contributed by atoms with E-state index in [1.165, 1.54) is 11.8 Å². The Balaban J connectivity index is 1.76. The summed E-state index contributed by atoms with van der Waals surface area (Å²) >= 11 is 0. The summed E-state index contributed by atoms with van der Waals surface area (Å²) in [5, 5.41) is 10.8. The first kappa shape index (κ1) is 14.8. The van der Waals surface area contributed by atoms with Crippen LogP contribution in [-0.2, 0) is 9.59 Å². The average Bonchev–Trinajstić information content (AvgIpc) is 3.27. The molecule has 0 spiro atoms. The molecular formula is C14H24N4O2. The highest BCUT2D eigenvalue weighted by atomic mass is 16.2. The molecule has 1 unspecified atom stereocenters. The van der Waals surface area contributed by atoms with E-state index in [9.17, 15) is 9.59 Å². The molecule has 2 N–H and O–H groups in total. The van der Waals surface area contributed by atoms with Crippen LogP contribution in [0.25, 0.3) is 0 Å². The molecule has 6 nitrogen and oxygen atoms in total. The van der Waals surface area contributed by atoms with Crippen molar-refractivity contribution in [2.24, 2.45) is 11.8 Å². The fourth-order valence-corrected chi connectivity index (χ4v) is 2.54. The lowest BCUT2D eigenvalue weighted by Crippen LogP contribution is -2.47. The number of rotatable bonds is 3. The largest absolute Gasteiger partial charge is 0.356 e. The predicted octanol–water partition coefficient (Wildman–Crippen LogP) is 0.638. The van der Waals surface area contributed by atoms with Crippen LogP contribution in [0.3, 0.4) is 0 Å². The number of amides is 2. The number of hydrogen-bond donors (Lipinski definition) is 2. The van der Waals surface area contributed by atoms with E-state index in [4.69, 9.17) is 5.41 Å². The van der Waals surface area contributed by atoms with E-state index in [1.807, 2.05) is 4.90 Å². The minimum absolute atomic E-state index is 0.128. The zero-order chi connectivity index (χ0) is 14.7. The van der Waals surface area contributed by atoms with Crippen LogP contribution in [0.1, 0.15) is 32.6 Å². The van der Waals surface area contributed by atoms with Crippen molar-refractivity contribution in [1.82, 2.24) is 15.1 Å². The van der Waals surface area contributed by atoms with Crippen LogP contribution in [0.5, 0.6) is 0 Å². The highest BCUT2D eigenvalue weighted by Crippen LogP contribution is 2.32. The SMILES string of the molecule is CC(=O)N(C)C(=N)NCC1CCCN(C(=O)C2CC2)C1. The number of piperidine rings is 1. The number of nitrogens with one attached hydrogen (secondary N) is 2. The fraction of sp³-hybridized carbons (Fsp3) is 0.786. The minimum Gasteiger partial charge on any atom is -0.356 e. The van der Waals surface area contributed by atoms with Crippen LogP contribution in [0.15, 0.2) is 0 Å². The van der Waals surface area contributed by atoms with Crippen molar-refractivity contribution in [3.63, 3.8) is 0 Å². The predicted molar refractivity (Wildman–Crippen MR) is 76.2 cm³/mol. The van der Waals surface area contributed by atoms with Gasteiger partial charge in [0.15, 0.2) is 5.96 Å². The summed E-state index contributed by atoms with van der Waals surface area (Å²) in [5.74, 6) is 0.932. The maximum atomic E-state index is 12.1. The zero-order valence-corrected chi connectivity index (χ0v) is 12.3. The molecule has 20 heavy (non-hydrogen) atoms. The molecule has 2 fully saturated rings.